The summed E-state index contributed by atoms with van der Waals surface area (Å²) in [5, 5.41) is 17.3. The number of carboxylic acid groups (broad SMARTS) is 2. The van der Waals surface area contributed by atoms with E-state index in [1.165, 1.54) is 12.3 Å². The van der Waals surface area contributed by atoms with Gasteiger partial charge in [0.1, 0.15) is 0 Å². The van der Waals surface area contributed by atoms with Crippen molar-refractivity contribution >= 4 is 19.5 Å². The summed E-state index contributed by atoms with van der Waals surface area (Å²) in [7, 11) is -4.22. The molecule has 9 heteroatoms. The maximum absolute atomic E-state index is 11.8. The van der Waals surface area contributed by atoms with Crippen LogP contribution in [0.2, 0.25) is 0 Å². The van der Waals surface area contributed by atoms with Crippen molar-refractivity contribution in [2.75, 3.05) is 0 Å². The summed E-state index contributed by atoms with van der Waals surface area (Å²) in [6.07, 6.45) is -1.53. The third-order valence-corrected chi connectivity index (χ3v) is 3.58. The van der Waals surface area contributed by atoms with Crippen LogP contribution >= 0.6 is 7.60 Å². The minimum absolute atomic E-state index is 0.278. The first-order valence-corrected chi connectivity index (χ1v) is 7.41. The minimum atomic E-state index is -4.22. The van der Waals surface area contributed by atoms with Gasteiger partial charge in [0.2, 0.25) is 0 Å². The summed E-state index contributed by atoms with van der Waals surface area (Å²) in [4.78, 5) is 34.7. The molecule has 0 fully saturated rings. The Morgan fingerprint density at radius 2 is 2.05 bits per heavy atom. The van der Waals surface area contributed by atoms with Crippen molar-refractivity contribution in [1.29, 1.82) is 0 Å². The summed E-state index contributed by atoms with van der Waals surface area (Å²) < 4.78 is 16.5. The number of pyridine rings is 1. The highest BCUT2D eigenvalue weighted by Crippen LogP contribution is 2.47. The van der Waals surface area contributed by atoms with Crippen LogP contribution in [0.4, 0.5) is 0 Å². The van der Waals surface area contributed by atoms with Gasteiger partial charge in [0, 0.05) is 12.6 Å². The molecular formula is C11H14NO7P. The summed E-state index contributed by atoms with van der Waals surface area (Å²) in [6, 6.07) is 4.74. The number of rotatable bonds is 8. The van der Waals surface area contributed by atoms with Gasteiger partial charge in [-0.25, -0.2) is 4.79 Å². The molecule has 1 rings (SSSR count). The lowest BCUT2D eigenvalue weighted by Gasteiger charge is -2.17. The maximum Gasteiger partial charge on any atom is 0.334 e. The number of carbonyl (C=O) groups is 2. The zero-order valence-electron chi connectivity index (χ0n) is 10.4. The molecule has 0 saturated heterocycles. The second-order valence-corrected chi connectivity index (χ2v) is 5.78. The molecule has 0 radical (unpaired) electrons. The molecule has 110 valence electrons. The van der Waals surface area contributed by atoms with Crippen molar-refractivity contribution in [2.45, 2.75) is 25.1 Å². The molecule has 1 aromatic heterocycles. The molecule has 0 spiro atoms. The molecule has 0 amide bonds. The SMILES string of the molecule is O=C(O)CCC(OP(=O)(O)Cc1ccccn1)C(=O)O. The Hall–Kier alpha value is -1.76. The fourth-order valence-corrected chi connectivity index (χ4v) is 2.67. The fourth-order valence-electron chi connectivity index (χ4n) is 1.41. The van der Waals surface area contributed by atoms with Crippen LogP contribution in [0.5, 0.6) is 0 Å². The Morgan fingerprint density at radius 1 is 1.35 bits per heavy atom. The first-order chi connectivity index (χ1) is 9.30. The lowest BCUT2D eigenvalue weighted by molar-refractivity contribution is -0.146. The van der Waals surface area contributed by atoms with Crippen molar-refractivity contribution in [2.24, 2.45) is 0 Å². The topological polar surface area (TPSA) is 134 Å². The van der Waals surface area contributed by atoms with E-state index in [1.807, 2.05) is 0 Å². The van der Waals surface area contributed by atoms with Crippen LogP contribution in [0.3, 0.4) is 0 Å². The lowest BCUT2D eigenvalue weighted by Crippen LogP contribution is -2.24. The van der Waals surface area contributed by atoms with Gasteiger partial charge in [0.15, 0.2) is 6.10 Å². The van der Waals surface area contributed by atoms with Gasteiger partial charge < -0.3 is 15.1 Å². The van der Waals surface area contributed by atoms with Crippen LogP contribution in [0.25, 0.3) is 0 Å². The van der Waals surface area contributed by atoms with Crippen LogP contribution < -0.4 is 0 Å². The van der Waals surface area contributed by atoms with Crippen LogP contribution in [0, 0.1) is 0 Å². The zero-order chi connectivity index (χ0) is 15.2. The molecule has 2 atom stereocenters. The van der Waals surface area contributed by atoms with E-state index >= 15 is 0 Å². The van der Waals surface area contributed by atoms with E-state index in [0.717, 1.165) is 0 Å². The minimum Gasteiger partial charge on any atom is -0.481 e. The molecule has 0 aromatic carbocycles. The van der Waals surface area contributed by atoms with E-state index in [9.17, 15) is 19.0 Å². The van der Waals surface area contributed by atoms with Crippen molar-refractivity contribution in [3.05, 3.63) is 30.1 Å². The van der Waals surface area contributed by atoms with Crippen LogP contribution in [-0.2, 0) is 24.8 Å². The van der Waals surface area contributed by atoms with Crippen molar-refractivity contribution in [3.63, 3.8) is 0 Å². The second kappa shape index (κ2) is 7.14. The predicted octanol–water partition coefficient (Wildman–Crippen LogP) is 1.10. The number of aromatic nitrogens is 1. The summed E-state index contributed by atoms with van der Waals surface area (Å²) >= 11 is 0. The maximum atomic E-state index is 11.8. The van der Waals surface area contributed by atoms with E-state index < -0.39 is 44.6 Å². The fraction of sp³-hybridized carbons (Fsp3) is 0.364. The largest absolute Gasteiger partial charge is 0.481 e. The first kappa shape index (κ1) is 16.3. The van der Waals surface area contributed by atoms with Gasteiger partial charge in [-0.15, -0.1) is 0 Å². The standard InChI is InChI=1S/C11H14NO7P/c13-10(14)5-4-9(11(15)16)19-20(17,18)7-8-3-1-2-6-12-8/h1-3,6,9H,4-5,7H2,(H,13,14)(H,15,16)(H,17,18). The third-order valence-electron chi connectivity index (χ3n) is 2.28. The highest BCUT2D eigenvalue weighted by molar-refractivity contribution is 7.52. The highest BCUT2D eigenvalue weighted by atomic mass is 31.2. The molecule has 0 bridgehead atoms. The molecule has 8 nitrogen and oxygen atoms in total. The van der Waals surface area contributed by atoms with E-state index in [0.29, 0.717) is 0 Å². The van der Waals surface area contributed by atoms with Crippen LogP contribution in [0.15, 0.2) is 24.4 Å². The molecule has 0 saturated carbocycles. The summed E-state index contributed by atoms with van der Waals surface area (Å²) in [5.74, 6) is -2.70. The molecule has 2 unspecified atom stereocenters. The van der Waals surface area contributed by atoms with Crippen LogP contribution in [0.1, 0.15) is 18.5 Å². The van der Waals surface area contributed by atoms with Crippen molar-refractivity contribution in [3.8, 4) is 0 Å². The van der Waals surface area contributed by atoms with E-state index in [1.54, 1.807) is 12.1 Å². The third kappa shape index (κ3) is 5.92. The van der Waals surface area contributed by atoms with Crippen molar-refractivity contribution < 1.29 is 33.8 Å². The zero-order valence-corrected chi connectivity index (χ0v) is 11.3. The monoisotopic (exact) mass is 303 g/mol. The quantitative estimate of drug-likeness (QED) is 0.608. The van der Waals surface area contributed by atoms with Gasteiger partial charge in [0.25, 0.3) is 0 Å². The molecule has 1 heterocycles. The van der Waals surface area contributed by atoms with Crippen molar-refractivity contribution in [1.82, 2.24) is 4.98 Å². The van der Waals surface area contributed by atoms with Gasteiger partial charge in [-0.2, -0.15) is 0 Å². The Labute approximate surface area is 114 Å². The molecule has 20 heavy (non-hydrogen) atoms. The average Bonchev–Trinajstić information content (AvgIpc) is 2.34. The highest BCUT2D eigenvalue weighted by Gasteiger charge is 2.30. The van der Waals surface area contributed by atoms with E-state index in [4.69, 9.17) is 10.2 Å². The molecule has 0 aliphatic heterocycles. The van der Waals surface area contributed by atoms with E-state index in [-0.39, 0.29) is 5.69 Å². The Morgan fingerprint density at radius 3 is 2.55 bits per heavy atom. The lowest BCUT2D eigenvalue weighted by atomic mass is 10.2. The van der Waals surface area contributed by atoms with Gasteiger partial charge in [-0.3, -0.25) is 18.9 Å². The first-order valence-electron chi connectivity index (χ1n) is 5.65. The molecule has 1 aromatic rings. The number of aliphatic carboxylic acids is 2. The molecule has 3 N–H and O–H groups in total. The van der Waals surface area contributed by atoms with Gasteiger partial charge >= 0.3 is 19.5 Å². The number of hydrogen-bond donors (Lipinski definition) is 3. The van der Waals surface area contributed by atoms with Crippen LogP contribution in [-0.4, -0.2) is 38.1 Å². The molecule has 0 aliphatic carbocycles. The summed E-state index contributed by atoms with van der Waals surface area (Å²) in [6.45, 7) is 0. The number of hydrogen-bond acceptors (Lipinski definition) is 5. The average molecular weight is 303 g/mol. The normalized spacial score (nSPS) is 15.2. The summed E-state index contributed by atoms with van der Waals surface area (Å²) in [5.41, 5.74) is 0.278. The number of carboxylic acids is 2. The van der Waals surface area contributed by atoms with E-state index in [2.05, 4.69) is 9.51 Å². The Kier molecular flexibility index (Phi) is 5.82. The molecule has 0 aliphatic rings. The number of nitrogens with zero attached hydrogens (tertiary/aromatic N) is 1. The van der Waals surface area contributed by atoms with Gasteiger partial charge in [0.05, 0.1) is 11.9 Å². The predicted molar refractivity (Wildman–Crippen MR) is 67.1 cm³/mol. The van der Waals surface area contributed by atoms with Gasteiger partial charge in [-0.05, 0) is 18.6 Å². The smallest absolute Gasteiger partial charge is 0.334 e. The van der Waals surface area contributed by atoms with Gasteiger partial charge in [-0.1, -0.05) is 6.07 Å². The molecular weight excluding hydrogens is 289 g/mol. The Bertz CT molecular complexity index is 519. The Balaban J connectivity index is 2.68. The second-order valence-electron chi connectivity index (χ2n) is 3.98.